The lowest BCUT2D eigenvalue weighted by molar-refractivity contribution is 0.387. The molecule has 1 aliphatic rings. The molecule has 1 aromatic heterocycles. The molecule has 4 nitrogen and oxygen atoms in total. The Morgan fingerprint density at radius 3 is 2.33 bits per heavy atom. The van der Waals surface area contributed by atoms with E-state index in [1.807, 2.05) is 36.4 Å². The van der Waals surface area contributed by atoms with E-state index in [4.69, 9.17) is 33.4 Å². The van der Waals surface area contributed by atoms with Crippen LogP contribution in [-0.4, -0.2) is 21.0 Å². The quantitative estimate of drug-likeness (QED) is 0.473. The fraction of sp³-hybridized carbons (Fsp3) is 0.417. The van der Waals surface area contributed by atoms with Crippen LogP contribution in [0.15, 0.2) is 48.5 Å². The molecular formula is C24H28Cl2N4. The maximum Gasteiger partial charge on any atom is 0.117 e. The van der Waals surface area contributed by atoms with E-state index in [2.05, 4.69) is 17.4 Å². The molecule has 1 heterocycles. The van der Waals surface area contributed by atoms with Gasteiger partial charge in [0.2, 0.25) is 0 Å². The summed E-state index contributed by atoms with van der Waals surface area (Å²) in [5.41, 5.74) is 4.04. The molecular weight excluding hydrogens is 415 g/mol. The second kappa shape index (κ2) is 10.4. The van der Waals surface area contributed by atoms with Crippen LogP contribution in [0.1, 0.15) is 56.2 Å². The number of hydrogen-bond acceptors (Lipinski definition) is 3. The minimum absolute atomic E-state index is 0.552. The van der Waals surface area contributed by atoms with Crippen molar-refractivity contribution in [1.29, 1.82) is 0 Å². The van der Waals surface area contributed by atoms with Gasteiger partial charge < -0.3 is 5.32 Å². The lowest BCUT2D eigenvalue weighted by atomic mass is 9.96. The monoisotopic (exact) mass is 442 g/mol. The Morgan fingerprint density at radius 1 is 0.867 bits per heavy atom. The zero-order valence-corrected chi connectivity index (χ0v) is 18.7. The van der Waals surface area contributed by atoms with Crippen LogP contribution in [0, 0.1) is 0 Å². The van der Waals surface area contributed by atoms with Crippen molar-refractivity contribution in [3.63, 3.8) is 0 Å². The van der Waals surface area contributed by atoms with Crippen molar-refractivity contribution in [3.8, 4) is 11.3 Å². The number of benzene rings is 2. The normalized spacial score (nSPS) is 15.7. The van der Waals surface area contributed by atoms with Gasteiger partial charge in [-0.2, -0.15) is 15.0 Å². The van der Waals surface area contributed by atoms with E-state index in [1.165, 1.54) is 44.9 Å². The van der Waals surface area contributed by atoms with Gasteiger partial charge in [0.05, 0.1) is 16.6 Å². The SMILES string of the molecule is Clc1ccc(Cn2nc(CNC3CCCCCCC3)c(-c3ccccc3)n2)cc1Cl. The van der Waals surface area contributed by atoms with Gasteiger partial charge in [0.25, 0.3) is 0 Å². The summed E-state index contributed by atoms with van der Waals surface area (Å²) < 4.78 is 0. The van der Waals surface area contributed by atoms with Crippen molar-refractivity contribution in [1.82, 2.24) is 20.3 Å². The van der Waals surface area contributed by atoms with E-state index in [0.717, 1.165) is 29.1 Å². The van der Waals surface area contributed by atoms with E-state index in [-0.39, 0.29) is 0 Å². The number of rotatable bonds is 6. The van der Waals surface area contributed by atoms with Crippen LogP contribution in [0.5, 0.6) is 0 Å². The first-order chi connectivity index (χ1) is 14.7. The van der Waals surface area contributed by atoms with Gasteiger partial charge in [-0.1, -0.05) is 91.7 Å². The Morgan fingerprint density at radius 2 is 1.60 bits per heavy atom. The highest BCUT2D eigenvalue weighted by atomic mass is 35.5. The van der Waals surface area contributed by atoms with Gasteiger partial charge in [-0.3, -0.25) is 0 Å². The summed E-state index contributed by atoms with van der Waals surface area (Å²) in [6.45, 7) is 1.29. The topological polar surface area (TPSA) is 42.7 Å². The van der Waals surface area contributed by atoms with Gasteiger partial charge in [-0.25, -0.2) is 0 Å². The van der Waals surface area contributed by atoms with E-state index >= 15 is 0 Å². The molecule has 0 aliphatic heterocycles. The average Bonchev–Trinajstić information content (AvgIpc) is 3.13. The second-order valence-electron chi connectivity index (χ2n) is 8.06. The summed E-state index contributed by atoms with van der Waals surface area (Å²) in [5, 5.41) is 14.5. The smallest absolute Gasteiger partial charge is 0.117 e. The van der Waals surface area contributed by atoms with Crippen LogP contribution >= 0.6 is 23.2 Å². The van der Waals surface area contributed by atoms with Crippen molar-refractivity contribution < 1.29 is 0 Å². The lowest BCUT2D eigenvalue weighted by Crippen LogP contribution is -2.29. The molecule has 4 rings (SSSR count). The summed E-state index contributed by atoms with van der Waals surface area (Å²) >= 11 is 12.2. The first-order valence-electron chi connectivity index (χ1n) is 10.9. The molecule has 0 unspecified atom stereocenters. The third-order valence-electron chi connectivity index (χ3n) is 5.74. The summed E-state index contributed by atoms with van der Waals surface area (Å²) in [6, 6.07) is 16.5. The maximum absolute atomic E-state index is 6.18. The highest BCUT2D eigenvalue weighted by molar-refractivity contribution is 6.42. The van der Waals surface area contributed by atoms with Gasteiger partial charge in [0.1, 0.15) is 11.4 Å². The Balaban J connectivity index is 1.53. The van der Waals surface area contributed by atoms with E-state index in [0.29, 0.717) is 22.6 Å². The summed E-state index contributed by atoms with van der Waals surface area (Å²) in [7, 11) is 0. The third kappa shape index (κ3) is 5.63. The number of aromatic nitrogens is 3. The Labute approximate surface area is 188 Å². The fourth-order valence-corrected chi connectivity index (χ4v) is 4.42. The highest BCUT2D eigenvalue weighted by Gasteiger charge is 2.16. The molecule has 0 bridgehead atoms. The zero-order valence-electron chi connectivity index (χ0n) is 17.2. The average molecular weight is 443 g/mol. The van der Waals surface area contributed by atoms with Gasteiger partial charge in [-0.15, -0.1) is 0 Å². The second-order valence-corrected chi connectivity index (χ2v) is 8.88. The summed E-state index contributed by atoms with van der Waals surface area (Å²) in [5.74, 6) is 0. The molecule has 3 aromatic rings. The first kappa shape index (κ1) is 21.4. The van der Waals surface area contributed by atoms with E-state index in [1.54, 1.807) is 4.80 Å². The van der Waals surface area contributed by atoms with Crippen LogP contribution in [0.2, 0.25) is 10.0 Å². The van der Waals surface area contributed by atoms with Crippen molar-refractivity contribution in [2.45, 2.75) is 64.1 Å². The molecule has 6 heteroatoms. The highest BCUT2D eigenvalue weighted by Crippen LogP contribution is 2.24. The molecule has 0 saturated heterocycles. The minimum Gasteiger partial charge on any atom is -0.308 e. The van der Waals surface area contributed by atoms with Crippen LogP contribution in [-0.2, 0) is 13.1 Å². The number of halogens is 2. The van der Waals surface area contributed by atoms with Crippen LogP contribution in [0.3, 0.4) is 0 Å². The number of nitrogens with one attached hydrogen (secondary N) is 1. The van der Waals surface area contributed by atoms with E-state index < -0.39 is 0 Å². The van der Waals surface area contributed by atoms with Crippen molar-refractivity contribution in [2.75, 3.05) is 0 Å². The van der Waals surface area contributed by atoms with Gasteiger partial charge in [-0.05, 0) is 30.5 Å². The zero-order chi connectivity index (χ0) is 20.8. The standard InChI is InChI=1S/C24H28Cl2N4/c25-21-14-13-18(15-22(21)26)17-30-28-23(24(29-30)19-9-5-4-6-10-19)16-27-20-11-7-2-1-3-8-12-20/h4-6,9-10,13-15,20,27H,1-3,7-8,11-12,16-17H2. The van der Waals surface area contributed by atoms with Crippen molar-refractivity contribution in [2.24, 2.45) is 0 Å². The van der Waals surface area contributed by atoms with Crippen LogP contribution in [0.4, 0.5) is 0 Å². The Kier molecular flexibility index (Phi) is 7.42. The molecule has 0 radical (unpaired) electrons. The molecule has 1 fully saturated rings. The molecule has 1 N–H and O–H groups in total. The van der Waals surface area contributed by atoms with Gasteiger partial charge >= 0.3 is 0 Å². The number of hydrogen-bond donors (Lipinski definition) is 1. The molecule has 30 heavy (non-hydrogen) atoms. The lowest BCUT2D eigenvalue weighted by Gasteiger charge is -2.20. The van der Waals surface area contributed by atoms with Crippen LogP contribution in [0.25, 0.3) is 11.3 Å². The predicted molar refractivity (Wildman–Crippen MR) is 124 cm³/mol. The van der Waals surface area contributed by atoms with Crippen molar-refractivity contribution in [3.05, 3.63) is 69.8 Å². The maximum atomic E-state index is 6.18. The molecule has 1 saturated carbocycles. The van der Waals surface area contributed by atoms with Crippen LogP contribution < -0.4 is 5.32 Å². The Hall–Kier alpha value is -1.88. The van der Waals surface area contributed by atoms with E-state index in [9.17, 15) is 0 Å². The predicted octanol–water partition coefficient (Wildman–Crippen LogP) is 6.50. The molecule has 2 aromatic carbocycles. The fourth-order valence-electron chi connectivity index (χ4n) is 4.09. The first-order valence-corrected chi connectivity index (χ1v) is 11.6. The molecule has 158 valence electrons. The largest absolute Gasteiger partial charge is 0.308 e. The molecule has 0 amide bonds. The van der Waals surface area contributed by atoms with Gasteiger partial charge in [0.15, 0.2) is 0 Å². The number of nitrogens with zero attached hydrogens (tertiary/aromatic N) is 3. The molecule has 1 aliphatic carbocycles. The minimum atomic E-state index is 0.552. The van der Waals surface area contributed by atoms with Crippen molar-refractivity contribution >= 4 is 23.2 Å². The third-order valence-corrected chi connectivity index (χ3v) is 6.48. The Bertz CT molecular complexity index is 947. The summed E-state index contributed by atoms with van der Waals surface area (Å²) in [6.07, 6.45) is 9.21. The summed E-state index contributed by atoms with van der Waals surface area (Å²) in [4.78, 5) is 1.76. The molecule has 0 spiro atoms. The van der Waals surface area contributed by atoms with Gasteiger partial charge in [0, 0.05) is 18.2 Å². The molecule has 0 atom stereocenters.